The molecule has 1 aromatic heterocycles. The molecule has 0 bridgehead atoms. The van der Waals surface area contributed by atoms with E-state index in [0.29, 0.717) is 33.7 Å². The van der Waals surface area contributed by atoms with Crippen LogP contribution in [-0.2, 0) is 9.47 Å². The standard InChI is InChI=1S/C27H24Cl2FN5O3/c1-37-25-18(13-31-27(33-25)38-2)24-32-21-23(34(24)16-4-3-5-16)22(14-6-8-15(28)9-7-14)35(26(21)36)17-10-11-20(30)19(29)12-17/h6-13,16,22,27,33H,3-5H2,1-2H3. The number of aromatic nitrogens is 2. The molecule has 1 N–H and O–H groups in total. The average molecular weight is 556 g/mol. The van der Waals surface area contributed by atoms with Gasteiger partial charge in [-0.2, -0.15) is 0 Å². The van der Waals surface area contributed by atoms with Crippen molar-refractivity contribution in [1.82, 2.24) is 14.9 Å². The molecule has 0 spiro atoms. The van der Waals surface area contributed by atoms with E-state index in [9.17, 15) is 9.18 Å². The summed E-state index contributed by atoms with van der Waals surface area (Å²) in [7, 11) is 3.10. The molecule has 3 heterocycles. The zero-order valence-corrected chi connectivity index (χ0v) is 22.1. The van der Waals surface area contributed by atoms with Crippen LogP contribution in [0.4, 0.5) is 10.1 Å². The molecule has 6 rings (SSSR count). The van der Waals surface area contributed by atoms with Gasteiger partial charge in [-0.3, -0.25) is 9.69 Å². The number of nitrogens with zero attached hydrogens (tertiary/aromatic N) is 4. The maximum Gasteiger partial charge on any atom is 0.279 e. The van der Waals surface area contributed by atoms with Gasteiger partial charge in [0.05, 0.1) is 23.4 Å². The summed E-state index contributed by atoms with van der Waals surface area (Å²) < 4.78 is 27.1. The van der Waals surface area contributed by atoms with Crippen LogP contribution in [0.5, 0.6) is 0 Å². The first kappa shape index (κ1) is 24.9. The van der Waals surface area contributed by atoms with Crippen molar-refractivity contribution in [3.05, 3.63) is 87.0 Å². The molecule has 11 heteroatoms. The van der Waals surface area contributed by atoms with Crippen LogP contribution < -0.4 is 10.2 Å². The van der Waals surface area contributed by atoms with Gasteiger partial charge in [-0.15, -0.1) is 0 Å². The van der Waals surface area contributed by atoms with E-state index in [1.54, 1.807) is 43.5 Å². The van der Waals surface area contributed by atoms with Gasteiger partial charge >= 0.3 is 0 Å². The summed E-state index contributed by atoms with van der Waals surface area (Å²) in [6.07, 6.45) is 4.04. The Hall–Kier alpha value is -3.40. The second kappa shape index (κ2) is 9.72. The Balaban J connectivity index is 1.57. The minimum atomic E-state index is -0.588. The SMILES string of the molecule is COC1=C(c2nc3c(n2C2CCC2)C(c2ccc(Cl)cc2)N(c2ccc(F)c(Cl)c2)C3=O)C=NC(OC)N1. The van der Waals surface area contributed by atoms with Crippen LogP contribution in [0, 0.1) is 5.82 Å². The number of methoxy groups -OCH3 is 2. The molecule has 3 aliphatic rings. The quantitative estimate of drug-likeness (QED) is 0.420. The molecule has 196 valence electrons. The predicted molar refractivity (Wildman–Crippen MR) is 143 cm³/mol. The molecular weight excluding hydrogens is 532 g/mol. The van der Waals surface area contributed by atoms with Crippen LogP contribution in [0.25, 0.3) is 5.57 Å². The van der Waals surface area contributed by atoms with Crippen LogP contribution in [0.2, 0.25) is 10.0 Å². The predicted octanol–water partition coefficient (Wildman–Crippen LogP) is 5.72. The summed E-state index contributed by atoms with van der Waals surface area (Å²) in [6, 6.07) is 11.2. The van der Waals surface area contributed by atoms with Gasteiger partial charge in [-0.1, -0.05) is 35.3 Å². The third kappa shape index (κ3) is 3.97. The number of carbonyl (C=O) groups excluding carboxylic acids is 1. The second-order valence-electron chi connectivity index (χ2n) is 9.31. The second-order valence-corrected chi connectivity index (χ2v) is 10.2. The van der Waals surface area contributed by atoms with Gasteiger partial charge in [-0.25, -0.2) is 14.4 Å². The molecule has 38 heavy (non-hydrogen) atoms. The topological polar surface area (TPSA) is 81.0 Å². The van der Waals surface area contributed by atoms with Gasteiger partial charge in [-0.05, 0) is 55.2 Å². The first-order valence-electron chi connectivity index (χ1n) is 12.2. The normalized spacial score (nSPS) is 21.0. The van der Waals surface area contributed by atoms with Crippen molar-refractivity contribution in [2.75, 3.05) is 19.1 Å². The molecule has 8 nitrogen and oxygen atoms in total. The highest BCUT2D eigenvalue weighted by atomic mass is 35.5. The summed E-state index contributed by atoms with van der Waals surface area (Å²) in [4.78, 5) is 25.0. The van der Waals surface area contributed by atoms with E-state index in [4.69, 9.17) is 37.7 Å². The first-order valence-corrected chi connectivity index (χ1v) is 12.9. The number of nitrogens with one attached hydrogen (secondary N) is 1. The molecule has 3 aromatic rings. The number of halogens is 3. The number of hydrogen-bond donors (Lipinski definition) is 1. The molecule has 2 aliphatic heterocycles. The van der Waals surface area contributed by atoms with Gasteiger partial charge in [0, 0.05) is 30.1 Å². The third-order valence-electron chi connectivity index (χ3n) is 7.20. The maximum absolute atomic E-state index is 14.0. The van der Waals surface area contributed by atoms with Crippen LogP contribution in [0.3, 0.4) is 0 Å². The number of amides is 1. The highest BCUT2D eigenvalue weighted by Gasteiger charge is 2.46. The van der Waals surface area contributed by atoms with Gasteiger partial charge in [0.15, 0.2) is 5.69 Å². The number of carbonyl (C=O) groups is 1. The lowest BCUT2D eigenvalue weighted by Crippen LogP contribution is -2.35. The molecule has 2 aromatic carbocycles. The first-order chi connectivity index (χ1) is 18.4. The molecule has 1 saturated carbocycles. The van der Waals surface area contributed by atoms with Crippen molar-refractivity contribution >= 4 is 46.6 Å². The van der Waals surface area contributed by atoms with Crippen LogP contribution in [0.15, 0.2) is 53.3 Å². The molecule has 2 atom stereocenters. The van der Waals surface area contributed by atoms with Crippen molar-refractivity contribution in [3.8, 4) is 0 Å². The molecule has 0 saturated heterocycles. The average Bonchev–Trinajstić information content (AvgIpc) is 3.40. The molecule has 1 fully saturated rings. The van der Waals surface area contributed by atoms with Crippen molar-refractivity contribution < 1.29 is 18.7 Å². The largest absolute Gasteiger partial charge is 0.482 e. The summed E-state index contributed by atoms with van der Waals surface area (Å²) in [5.41, 5.74) is 3.01. The molecule has 2 unspecified atom stereocenters. The number of aliphatic imine (C=N–C) groups is 1. The Morgan fingerprint density at radius 2 is 1.87 bits per heavy atom. The van der Waals surface area contributed by atoms with E-state index >= 15 is 0 Å². The van der Waals surface area contributed by atoms with E-state index < -0.39 is 18.2 Å². The van der Waals surface area contributed by atoms with Crippen LogP contribution >= 0.6 is 23.2 Å². The van der Waals surface area contributed by atoms with E-state index in [2.05, 4.69) is 14.9 Å². The lowest BCUT2D eigenvalue weighted by molar-refractivity contribution is 0.0704. The van der Waals surface area contributed by atoms with Crippen molar-refractivity contribution in [2.24, 2.45) is 4.99 Å². The lowest BCUT2D eigenvalue weighted by atomic mass is 9.91. The van der Waals surface area contributed by atoms with Crippen molar-refractivity contribution in [2.45, 2.75) is 37.7 Å². The van der Waals surface area contributed by atoms with E-state index in [-0.39, 0.29) is 17.0 Å². The molecule has 0 radical (unpaired) electrons. The minimum absolute atomic E-state index is 0.0654. The Morgan fingerprint density at radius 1 is 1.11 bits per heavy atom. The number of anilines is 1. The summed E-state index contributed by atoms with van der Waals surface area (Å²) in [5.74, 6) is 0.177. The number of benzene rings is 2. The summed E-state index contributed by atoms with van der Waals surface area (Å²) >= 11 is 12.3. The maximum atomic E-state index is 14.0. The molecule has 1 aliphatic carbocycles. The van der Waals surface area contributed by atoms with E-state index in [1.165, 1.54) is 12.1 Å². The number of imidazole rings is 1. The smallest absolute Gasteiger partial charge is 0.279 e. The number of hydrogen-bond acceptors (Lipinski definition) is 6. The van der Waals surface area contributed by atoms with Crippen LogP contribution in [-0.4, -0.2) is 42.2 Å². The minimum Gasteiger partial charge on any atom is -0.482 e. The Kier molecular flexibility index (Phi) is 6.37. The summed E-state index contributed by atoms with van der Waals surface area (Å²) in [6.45, 7) is 0. The van der Waals surface area contributed by atoms with Crippen molar-refractivity contribution in [1.29, 1.82) is 0 Å². The van der Waals surface area contributed by atoms with Gasteiger partial charge in [0.25, 0.3) is 5.91 Å². The van der Waals surface area contributed by atoms with Gasteiger partial charge in [0.2, 0.25) is 12.2 Å². The zero-order chi connectivity index (χ0) is 26.6. The fraction of sp³-hybridized carbons (Fsp3) is 0.296. The van der Waals surface area contributed by atoms with E-state index in [1.807, 2.05) is 12.1 Å². The van der Waals surface area contributed by atoms with Crippen LogP contribution in [0.1, 0.15) is 58.9 Å². The number of fused-ring (bicyclic) bond motifs is 1. The monoisotopic (exact) mass is 555 g/mol. The number of ether oxygens (including phenoxy) is 2. The molecule has 1 amide bonds. The third-order valence-corrected chi connectivity index (χ3v) is 7.74. The fourth-order valence-corrected chi connectivity index (χ4v) is 5.45. The lowest BCUT2D eigenvalue weighted by Gasteiger charge is -2.34. The molecular formula is C27H24Cl2FN5O3. The summed E-state index contributed by atoms with van der Waals surface area (Å²) in [5, 5.41) is 3.61. The van der Waals surface area contributed by atoms with E-state index in [0.717, 1.165) is 30.5 Å². The fourth-order valence-electron chi connectivity index (χ4n) is 5.15. The number of rotatable bonds is 6. The number of allylic oxidation sites excluding steroid dienone is 1. The highest BCUT2D eigenvalue weighted by Crippen LogP contribution is 2.47. The highest BCUT2D eigenvalue weighted by molar-refractivity contribution is 6.31. The van der Waals surface area contributed by atoms with Gasteiger partial charge in [0.1, 0.15) is 17.7 Å². The van der Waals surface area contributed by atoms with Gasteiger partial charge < -0.3 is 19.4 Å². The van der Waals surface area contributed by atoms with Crippen molar-refractivity contribution in [3.63, 3.8) is 0 Å². The zero-order valence-electron chi connectivity index (χ0n) is 20.6. The Labute approximate surface area is 228 Å². The Bertz CT molecular complexity index is 1480. The Morgan fingerprint density at radius 3 is 2.50 bits per heavy atom.